The summed E-state index contributed by atoms with van der Waals surface area (Å²) in [4.78, 5) is 27.3. The van der Waals surface area contributed by atoms with Crippen molar-refractivity contribution in [3.05, 3.63) is 57.3 Å². The van der Waals surface area contributed by atoms with Crippen LogP contribution < -0.4 is 14.8 Å². The number of sulfone groups is 1. The fourth-order valence-electron chi connectivity index (χ4n) is 3.04. The van der Waals surface area contributed by atoms with Gasteiger partial charge in [-0.2, -0.15) is 0 Å². The van der Waals surface area contributed by atoms with Crippen molar-refractivity contribution < 1.29 is 32.3 Å². The Hall–Kier alpha value is -3.25. The third-order valence-electron chi connectivity index (χ3n) is 4.43. The minimum absolute atomic E-state index is 0.0516. The van der Waals surface area contributed by atoms with Crippen LogP contribution in [0.1, 0.15) is 34.6 Å². The molecule has 1 aromatic heterocycles. The molecule has 2 rings (SSSR count). The Morgan fingerprint density at radius 3 is 2.53 bits per heavy atom. The zero-order chi connectivity index (χ0) is 23.9. The van der Waals surface area contributed by atoms with Crippen LogP contribution in [0.15, 0.2) is 30.3 Å². The largest absolute Gasteiger partial charge is 0.491 e. The number of aromatic nitrogens is 1. The Morgan fingerprint density at radius 2 is 1.97 bits per heavy atom. The number of pyridine rings is 1. The normalized spacial score (nSPS) is 12.1. The predicted molar refractivity (Wildman–Crippen MR) is 116 cm³/mol. The van der Waals surface area contributed by atoms with Gasteiger partial charge in [0.2, 0.25) is 0 Å². The maximum Gasteiger partial charge on any atom is 0.345 e. The smallest absolute Gasteiger partial charge is 0.345 e. The number of hydrogen-bond donors (Lipinski definition) is 1. The number of nitro benzene ring substituents is 1. The van der Waals surface area contributed by atoms with Crippen molar-refractivity contribution in [3.8, 4) is 11.6 Å². The summed E-state index contributed by atoms with van der Waals surface area (Å²) in [5, 5.41) is 14.4. The monoisotopic (exact) mass is 467 g/mol. The molecular formula is C20H25N3O8S. The lowest BCUT2D eigenvalue weighted by molar-refractivity contribution is -0.385. The molecule has 174 valence electrons. The summed E-state index contributed by atoms with van der Waals surface area (Å²) < 4.78 is 39.5. The number of nitrogens with zero attached hydrogens (tertiary/aromatic N) is 2. The summed E-state index contributed by atoms with van der Waals surface area (Å²) in [6.45, 7) is 2.05. The number of benzene rings is 1. The van der Waals surface area contributed by atoms with Gasteiger partial charge in [0.1, 0.15) is 15.4 Å². The standard InChI is InChI=1S/C20H25N3O8S/c1-5-31-19-17(29-2)10-9-14(22-19)15(12-32(4,27)28)21-11-13-7-6-8-16(23(25)26)18(13)20(24)30-3/h6-10,15,21H,5,11-12H2,1-4H3. The lowest BCUT2D eigenvalue weighted by Crippen LogP contribution is -2.29. The van der Waals surface area contributed by atoms with Crippen LogP contribution in [0.3, 0.4) is 0 Å². The average Bonchev–Trinajstić information content (AvgIpc) is 2.75. The zero-order valence-electron chi connectivity index (χ0n) is 18.2. The summed E-state index contributed by atoms with van der Waals surface area (Å²) >= 11 is 0. The van der Waals surface area contributed by atoms with E-state index in [1.165, 1.54) is 25.3 Å². The lowest BCUT2D eigenvalue weighted by atomic mass is 10.0. The Balaban J connectivity index is 2.44. The van der Waals surface area contributed by atoms with Crippen molar-refractivity contribution in [2.24, 2.45) is 0 Å². The molecule has 0 spiro atoms. The Morgan fingerprint density at radius 1 is 1.25 bits per heavy atom. The van der Waals surface area contributed by atoms with Gasteiger partial charge in [0.25, 0.3) is 11.6 Å². The molecule has 11 nitrogen and oxygen atoms in total. The second kappa shape index (κ2) is 10.9. The van der Waals surface area contributed by atoms with Gasteiger partial charge in [-0.05, 0) is 24.6 Å². The van der Waals surface area contributed by atoms with E-state index in [4.69, 9.17) is 14.2 Å². The molecule has 32 heavy (non-hydrogen) atoms. The molecule has 0 amide bonds. The van der Waals surface area contributed by atoms with Crippen LogP contribution in [0.5, 0.6) is 11.6 Å². The minimum atomic E-state index is -3.44. The predicted octanol–water partition coefficient (Wildman–Crippen LogP) is 2.06. The highest BCUT2D eigenvalue weighted by Gasteiger charge is 2.26. The topological polar surface area (TPSA) is 147 Å². The minimum Gasteiger partial charge on any atom is -0.491 e. The van der Waals surface area contributed by atoms with Crippen molar-refractivity contribution in [3.63, 3.8) is 0 Å². The van der Waals surface area contributed by atoms with E-state index in [2.05, 4.69) is 10.3 Å². The van der Waals surface area contributed by atoms with Crippen LogP contribution in [0.2, 0.25) is 0 Å². The van der Waals surface area contributed by atoms with E-state index in [0.29, 0.717) is 18.1 Å². The van der Waals surface area contributed by atoms with Crippen LogP contribution in [-0.2, 0) is 21.1 Å². The molecule has 2 aromatic rings. The molecule has 0 radical (unpaired) electrons. The van der Waals surface area contributed by atoms with E-state index < -0.39 is 32.5 Å². The van der Waals surface area contributed by atoms with Gasteiger partial charge in [0, 0.05) is 18.9 Å². The number of nitro groups is 1. The molecule has 1 N–H and O–H groups in total. The maximum atomic E-state index is 12.2. The van der Waals surface area contributed by atoms with E-state index in [0.717, 1.165) is 13.4 Å². The highest BCUT2D eigenvalue weighted by atomic mass is 32.2. The molecule has 1 aromatic carbocycles. The van der Waals surface area contributed by atoms with Crippen LogP contribution in [0.4, 0.5) is 5.69 Å². The maximum absolute atomic E-state index is 12.2. The van der Waals surface area contributed by atoms with Gasteiger partial charge in [-0.1, -0.05) is 12.1 Å². The number of hydrogen-bond acceptors (Lipinski definition) is 10. The van der Waals surface area contributed by atoms with E-state index in [-0.39, 0.29) is 29.3 Å². The van der Waals surface area contributed by atoms with Gasteiger partial charge < -0.3 is 19.5 Å². The molecule has 0 aliphatic carbocycles. The number of nitrogens with one attached hydrogen (secondary N) is 1. The number of rotatable bonds is 11. The van der Waals surface area contributed by atoms with Gasteiger partial charge in [0.15, 0.2) is 5.75 Å². The van der Waals surface area contributed by atoms with Crippen LogP contribution in [0.25, 0.3) is 0 Å². The van der Waals surface area contributed by atoms with Gasteiger partial charge in [-0.15, -0.1) is 0 Å². The number of methoxy groups -OCH3 is 2. The number of ether oxygens (including phenoxy) is 3. The Kier molecular flexibility index (Phi) is 8.49. The second-order valence-corrected chi connectivity index (χ2v) is 8.95. The fraction of sp³-hybridized carbons (Fsp3) is 0.400. The SMILES string of the molecule is CCOc1nc(C(CS(C)(=O)=O)NCc2cccc([N+](=O)[O-])c2C(=O)OC)ccc1OC. The molecule has 0 aliphatic rings. The van der Waals surface area contributed by atoms with E-state index in [9.17, 15) is 23.3 Å². The first kappa shape index (κ1) is 25.0. The number of carbonyl (C=O) groups excluding carboxylic acids is 1. The van der Waals surface area contributed by atoms with Crippen LogP contribution >= 0.6 is 0 Å². The quantitative estimate of drug-likeness (QED) is 0.296. The number of esters is 1. The molecule has 0 aliphatic heterocycles. The van der Waals surface area contributed by atoms with Crippen LogP contribution in [-0.4, -0.2) is 57.1 Å². The molecule has 0 saturated carbocycles. The van der Waals surface area contributed by atoms with E-state index in [1.807, 2.05) is 0 Å². The molecular weight excluding hydrogens is 442 g/mol. The molecule has 0 bridgehead atoms. The summed E-state index contributed by atoms with van der Waals surface area (Å²) in [5.41, 5.74) is 0.0353. The fourth-order valence-corrected chi connectivity index (χ4v) is 3.93. The average molecular weight is 468 g/mol. The number of carbonyl (C=O) groups is 1. The van der Waals surface area contributed by atoms with Crippen LogP contribution in [0, 0.1) is 10.1 Å². The Bertz CT molecular complexity index is 1090. The van der Waals surface area contributed by atoms with Gasteiger partial charge in [-0.25, -0.2) is 18.2 Å². The van der Waals surface area contributed by atoms with Gasteiger partial charge >= 0.3 is 5.97 Å². The summed E-state index contributed by atoms with van der Waals surface area (Å²) in [6.07, 6.45) is 1.09. The third kappa shape index (κ3) is 6.37. The summed E-state index contributed by atoms with van der Waals surface area (Å²) in [7, 11) is -0.859. The highest BCUT2D eigenvalue weighted by Crippen LogP contribution is 2.28. The third-order valence-corrected chi connectivity index (χ3v) is 5.37. The summed E-state index contributed by atoms with van der Waals surface area (Å²) in [5.74, 6) is -0.575. The van der Waals surface area contributed by atoms with Crippen molar-refractivity contribution in [1.29, 1.82) is 0 Å². The van der Waals surface area contributed by atoms with Crippen molar-refractivity contribution in [2.75, 3.05) is 32.8 Å². The first-order valence-electron chi connectivity index (χ1n) is 9.54. The van der Waals surface area contributed by atoms with Crippen molar-refractivity contribution in [1.82, 2.24) is 10.3 Å². The molecule has 12 heteroatoms. The zero-order valence-corrected chi connectivity index (χ0v) is 19.0. The molecule has 1 atom stereocenters. The summed E-state index contributed by atoms with van der Waals surface area (Å²) in [6, 6.07) is 6.57. The highest BCUT2D eigenvalue weighted by molar-refractivity contribution is 7.90. The van der Waals surface area contributed by atoms with E-state index >= 15 is 0 Å². The molecule has 0 saturated heterocycles. The van der Waals surface area contributed by atoms with Crippen molar-refractivity contribution >= 4 is 21.5 Å². The van der Waals surface area contributed by atoms with E-state index in [1.54, 1.807) is 19.1 Å². The van der Waals surface area contributed by atoms with Gasteiger partial charge in [-0.3, -0.25) is 10.1 Å². The van der Waals surface area contributed by atoms with Gasteiger partial charge in [0.05, 0.1) is 43.2 Å². The van der Waals surface area contributed by atoms with Crippen molar-refractivity contribution in [2.45, 2.75) is 19.5 Å². The molecule has 0 fully saturated rings. The second-order valence-electron chi connectivity index (χ2n) is 6.76. The lowest BCUT2D eigenvalue weighted by Gasteiger charge is -2.20. The molecule has 1 unspecified atom stereocenters. The molecule has 1 heterocycles. The Labute approximate surface area is 185 Å². The first-order chi connectivity index (χ1) is 15.1. The first-order valence-corrected chi connectivity index (χ1v) is 11.6.